The summed E-state index contributed by atoms with van der Waals surface area (Å²) in [5.74, 6) is -0.430. The first kappa shape index (κ1) is 26.9. The average Bonchev–Trinajstić information content (AvgIpc) is 2.77. The van der Waals surface area contributed by atoms with E-state index in [2.05, 4.69) is 15.6 Å². The van der Waals surface area contributed by atoms with Crippen LogP contribution in [0.1, 0.15) is 18.9 Å². The van der Waals surface area contributed by atoms with Gasteiger partial charge in [0.15, 0.2) is 13.2 Å². The zero-order chi connectivity index (χ0) is 25.4. The van der Waals surface area contributed by atoms with Crippen molar-refractivity contribution in [2.45, 2.75) is 25.1 Å². The molecule has 0 aliphatic heterocycles. The molecule has 0 bridgehead atoms. The van der Waals surface area contributed by atoms with Crippen molar-refractivity contribution < 1.29 is 36.6 Å². The molecule has 1 aliphatic carbocycles. The summed E-state index contributed by atoms with van der Waals surface area (Å²) < 4.78 is 57.5. The molecule has 0 spiro atoms. The normalized spacial score (nSPS) is 16.7. The third kappa shape index (κ3) is 8.22. The summed E-state index contributed by atoms with van der Waals surface area (Å²) in [6.07, 6.45) is -1.80. The molecule has 1 atom stereocenters. The topological polar surface area (TPSA) is 89.6 Å². The summed E-state index contributed by atoms with van der Waals surface area (Å²) in [5.41, 5.74) is -0.965. The SMILES string of the molecule is CC1(NC(=O)COc2ccc(Cl)cc2)C=C(NC(=O)COc2ccc(C(F)(F)F)cn2)C1.CF. The highest BCUT2D eigenvalue weighted by Crippen LogP contribution is 2.29. The fourth-order valence-electron chi connectivity index (χ4n) is 2.93. The quantitative estimate of drug-likeness (QED) is 0.530. The molecule has 0 saturated heterocycles. The molecule has 2 N–H and O–H groups in total. The Bertz CT molecular complexity index is 1010. The number of benzene rings is 1. The predicted octanol–water partition coefficient (Wildman–Crippen LogP) is 4.08. The Morgan fingerprint density at radius 3 is 2.24 bits per heavy atom. The molecule has 12 heteroatoms. The molecule has 0 fully saturated rings. The number of halogens is 5. The van der Waals surface area contributed by atoms with Crippen molar-refractivity contribution in [1.29, 1.82) is 0 Å². The lowest BCUT2D eigenvalue weighted by atomic mass is 9.84. The van der Waals surface area contributed by atoms with Gasteiger partial charge in [-0.1, -0.05) is 11.6 Å². The largest absolute Gasteiger partial charge is 0.484 e. The maximum Gasteiger partial charge on any atom is 0.417 e. The number of carbonyl (C=O) groups is 2. The molecule has 3 rings (SSSR count). The number of nitrogens with zero attached hydrogens (tertiary/aromatic N) is 1. The first-order chi connectivity index (χ1) is 16.0. The van der Waals surface area contributed by atoms with E-state index in [0.717, 1.165) is 12.1 Å². The highest BCUT2D eigenvalue weighted by atomic mass is 35.5. The lowest BCUT2D eigenvalue weighted by Crippen LogP contribution is -2.53. The Morgan fingerprint density at radius 1 is 1.06 bits per heavy atom. The molecule has 2 aromatic rings. The number of ether oxygens (including phenoxy) is 2. The number of rotatable bonds is 8. The second-order valence-corrected chi connectivity index (χ2v) is 7.71. The maximum absolute atomic E-state index is 12.5. The third-order valence-electron chi connectivity index (χ3n) is 4.37. The molecular weight excluding hydrogens is 482 g/mol. The molecule has 1 aromatic heterocycles. The minimum atomic E-state index is -4.50. The Labute approximate surface area is 198 Å². The van der Waals surface area contributed by atoms with Gasteiger partial charge in [-0.25, -0.2) is 4.98 Å². The van der Waals surface area contributed by atoms with Gasteiger partial charge in [-0.3, -0.25) is 14.0 Å². The van der Waals surface area contributed by atoms with Crippen molar-refractivity contribution in [3.8, 4) is 11.6 Å². The van der Waals surface area contributed by atoms with Crippen molar-refractivity contribution in [2.75, 3.05) is 20.4 Å². The van der Waals surface area contributed by atoms with E-state index in [1.807, 2.05) is 0 Å². The standard InChI is InChI=1S/C21H19ClF3N3O4.CH3F/c1-20(28-18(30)12-31-16-5-3-14(22)4-6-16)8-15(9-20)27-17(29)11-32-19-7-2-13(10-26-19)21(23,24)25;1-2/h2-8,10H,9,11-12H2,1H3,(H,27,29)(H,28,30);1H3. The zero-order valence-electron chi connectivity index (χ0n) is 18.2. The number of pyridine rings is 1. The molecule has 1 aliphatic rings. The van der Waals surface area contributed by atoms with Crippen LogP contribution in [0.4, 0.5) is 17.6 Å². The van der Waals surface area contributed by atoms with Crippen molar-refractivity contribution in [2.24, 2.45) is 0 Å². The Kier molecular flexibility index (Phi) is 9.25. The van der Waals surface area contributed by atoms with Crippen LogP contribution < -0.4 is 20.1 Å². The lowest BCUT2D eigenvalue weighted by Gasteiger charge is -2.37. The van der Waals surface area contributed by atoms with Gasteiger partial charge in [-0.15, -0.1) is 0 Å². The molecule has 7 nitrogen and oxygen atoms in total. The number of hydrogen-bond donors (Lipinski definition) is 2. The second-order valence-electron chi connectivity index (χ2n) is 7.27. The second kappa shape index (κ2) is 11.7. The van der Waals surface area contributed by atoms with Crippen molar-refractivity contribution >= 4 is 23.4 Å². The minimum Gasteiger partial charge on any atom is -0.484 e. The summed E-state index contributed by atoms with van der Waals surface area (Å²) in [6.45, 7) is 1.18. The number of alkyl halides is 4. The summed E-state index contributed by atoms with van der Waals surface area (Å²) in [6, 6.07) is 8.46. The first-order valence-corrected chi connectivity index (χ1v) is 10.1. The van der Waals surface area contributed by atoms with Crippen LogP contribution in [0.5, 0.6) is 11.6 Å². The van der Waals surface area contributed by atoms with E-state index < -0.39 is 29.8 Å². The van der Waals surface area contributed by atoms with Gasteiger partial charge in [0, 0.05) is 29.4 Å². The van der Waals surface area contributed by atoms with Crippen LogP contribution in [-0.4, -0.2) is 42.7 Å². The number of amides is 2. The molecule has 1 unspecified atom stereocenters. The smallest absolute Gasteiger partial charge is 0.417 e. The maximum atomic E-state index is 12.5. The summed E-state index contributed by atoms with van der Waals surface area (Å²) in [7, 11) is 0.500. The van der Waals surface area contributed by atoms with Crippen LogP contribution in [0.15, 0.2) is 54.4 Å². The van der Waals surface area contributed by atoms with Crippen molar-refractivity contribution in [1.82, 2.24) is 15.6 Å². The number of nitrogens with one attached hydrogen (secondary N) is 2. The molecule has 1 heterocycles. The number of hydrogen-bond acceptors (Lipinski definition) is 5. The molecule has 0 saturated carbocycles. The van der Waals surface area contributed by atoms with Gasteiger partial charge in [0.1, 0.15) is 5.75 Å². The van der Waals surface area contributed by atoms with Crippen LogP contribution in [0.25, 0.3) is 0 Å². The van der Waals surface area contributed by atoms with Gasteiger partial charge in [-0.05, 0) is 43.3 Å². The fraction of sp³-hybridized carbons (Fsp3) is 0.318. The predicted molar refractivity (Wildman–Crippen MR) is 116 cm³/mol. The van der Waals surface area contributed by atoms with Gasteiger partial charge in [0.05, 0.1) is 18.3 Å². The van der Waals surface area contributed by atoms with Crippen molar-refractivity contribution in [3.05, 3.63) is 65.0 Å². The van der Waals surface area contributed by atoms with E-state index in [1.54, 1.807) is 37.3 Å². The summed E-state index contributed by atoms with van der Waals surface area (Å²) in [4.78, 5) is 27.6. The van der Waals surface area contributed by atoms with Crippen LogP contribution in [-0.2, 0) is 15.8 Å². The van der Waals surface area contributed by atoms with E-state index in [4.69, 9.17) is 21.1 Å². The van der Waals surface area contributed by atoms with E-state index in [1.165, 1.54) is 0 Å². The minimum absolute atomic E-state index is 0.103. The van der Waals surface area contributed by atoms with Gasteiger partial charge in [0.25, 0.3) is 11.8 Å². The van der Waals surface area contributed by atoms with Crippen LogP contribution >= 0.6 is 11.6 Å². The van der Waals surface area contributed by atoms with Crippen LogP contribution in [0.3, 0.4) is 0 Å². The third-order valence-corrected chi connectivity index (χ3v) is 4.63. The molecule has 184 valence electrons. The first-order valence-electron chi connectivity index (χ1n) is 9.77. The lowest BCUT2D eigenvalue weighted by molar-refractivity contribution is -0.138. The average molecular weight is 504 g/mol. The van der Waals surface area contributed by atoms with Gasteiger partial charge in [-0.2, -0.15) is 13.2 Å². The number of carbonyl (C=O) groups excluding carboxylic acids is 2. The molecule has 2 amide bonds. The Balaban J connectivity index is 0.00000199. The fourth-order valence-corrected chi connectivity index (χ4v) is 3.06. The highest BCUT2D eigenvalue weighted by molar-refractivity contribution is 6.30. The van der Waals surface area contributed by atoms with E-state index in [-0.39, 0.29) is 18.4 Å². The Morgan fingerprint density at radius 2 is 1.68 bits per heavy atom. The van der Waals surface area contributed by atoms with Gasteiger partial charge < -0.3 is 20.1 Å². The molecule has 1 aromatic carbocycles. The molecule has 34 heavy (non-hydrogen) atoms. The molecule has 0 radical (unpaired) electrons. The van der Waals surface area contributed by atoms with Crippen molar-refractivity contribution in [3.63, 3.8) is 0 Å². The zero-order valence-corrected chi connectivity index (χ0v) is 19.0. The van der Waals surface area contributed by atoms with Gasteiger partial charge in [0.2, 0.25) is 5.88 Å². The van der Waals surface area contributed by atoms with E-state index in [9.17, 15) is 27.2 Å². The number of aromatic nitrogens is 1. The van der Waals surface area contributed by atoms with Gasteiger partial charge >= 0.3 is 6.18 Å². The monoisotopic (exact) mass is 503 g/mol. The molecular formula is C22H22ClF4N3O4. The van der Waals surface area contributed by atoms with E-state index >= 15 is 0 Å². The van der Waals surface area contributed by atoms with Crippen LogP contribution in [0.2, 0.25) is 5.02 Å². The summed E-state index contributed by atoms with van der Waals surface area (Å²) in [5, 5.41) is 5.97. The van der Waals surface area contributed by atoms with Crippen LogP contribution in [0, 0.1) is 0 Å². The summed E-state index contributed by atoms with van der Waals surface area (Å²) >= 11 is 5.79. The van der Waals surface area contributed by atoms with E-state index in [0.29, 0.717) is 36.3 Å². The Hall–Kier alpha value is -3.34. The highest BCUT2D eigenvalue weighted by Gasteiger charge is 2.34.